The highest BCUT2D eigenvalue weighted by Crippen LogP contribution is 2.15. The van der Waals surface area contributed by atoms with Gasteiger partial charge in [0, 0.05) is 0 Å². The lowest BCUT2D eigenvalue weighted by Crippen LogP contribution is -2.15. The third-order valence-electron chi connectivity index (χ3n) is 6.05. The molecule has 0 aromatic heterocycles. The molecular formula is C27H50O4. The predicted molar refractivity (Wildman–Crippen MR) is 131 cm³/mol. The zero-order valence-corrected chi connectivity index (χ0v) is 20.3. The van der Waals surface area contributed by atoms with Crippen molar-refractivity contribution in [2.45, 2.75) is 142 Å². The molecule has 0 saturated carbocycles. The van der Waals surface area contributed by atoms with E-state index in [9.17, 15) is 9.59 Å². The van der Waals surface area contributed by atoms with Crippen molar-refractivity contribution in [2.24, 2.45) is 5.92 Å². The predicted octanol–water partition coefficient (Wildman–Crippen LogP) is 8.54. The molecule has 0 rings (SSSR count). The van der Waals surface area contributed by atoms with Crippen molar-refractivity contribution in [3.63, 3.8) is 0 Å². The van der Waals surface area contributed by atoms with Gasteiger partial charge < -0.3 is 10.2 Å². The van der Waals surface area contributed by atoms with Crippen LogP contribution in [0.15, 0.2) is 12.2 Å². The standard InChI is InChI=1S/C27H50O4/c1-2-3-4-5-6-7-8-9-10-11-12-13-14-15-16-17-18-19-20-21-22-23-25(27(30)31)24-26(28)29/h22-23,25H,2-21,24H2,1H3,(H,28,29)(H,30,31). The number of hydrogen-bond acceptors (Lipinski definition) is 2. The largest absolute Gasteiger partial charge is 0.481 e. The second kappa shape index (κ2) is 23.3. The maximum absolute atomic E-state index is 11.0. The SMILES string of the molecule is CCCCCCCCCCCCCCCCCCCCCC=CC(CC(=O)O)C(=O)O. The molecule has 0 aromatic carbocycles. The molecule has 0 aliphatic rings. The first-order valence-corrected chi connectivity index (χ1v) is 13.2. The molecule has 0 heterocycles. The van der Waals surface area contributed by atoms with Crippen LogP contribution in [-0.4, -0.2) is 22.2 Å². The van der Waals surface area contributed by atoms with Gasteiger partial charge in [0.15, 0.2) is 0 Å². The number of unbranched alkanes of at least 4 members (excludes halogenated alkanes) is 19. The number of hydrogen-bond donors (Lipinski definition) is 2. The van der Waals surface area contributed by atoms with Crippen molar-refractivity contribution < 1.29 is 19.8 Å². The van der Waals surface area contributed by atoms with Gasteiger partial charge >= 0.3 is 11.9 Å². The summed E-state index contributed by atoms with van der Waals surface area (Å²) < 4.78 is 0. The molecule has 0 aliphatic heterocycles. The van der Waals surface area contributed by atoms with Crippen LogP contribution in [0.3, 0.4) is 0 Å². The first-order valence-electron chi connectivity index (χ1n) is 13.2. The Kier molecular flexibility index (Phi) is 22.4. The molecule has 1 atom stereocenters. The van der Waals surface area contributed by atoms with Gasteiger partial charge in [0.05, 0.1) is 12.3 Å². The van der Waals surface area contributed by atoms with Gasteiger partial charge in [-0.2, -0.15) is 0 Å². The molecule has 4 heteroatoms. The zero-order valence-electron chi connectivity index (χ0n) is 20.3. The number of carboxylic acid groups (broad SMARTS) is 2. The molecular weight excluding hydrogens is 388 g/mol. The van der Waals surface area contributed by atoms with Crippen LogP contribution < -0.4 is 0 Å². The molecule has 0 bridgehead atoms. The van der Waals surface area contributed by atoms with Gasteiger partial charge in [0.2, 0.25) is 0 Å². The number of aliphatic carboxylic acids is 2. The van der Waals surface area contributed by atoms with Crippen LogP contribution in [-0.2, 0) is 9.59 Å². The fourth-order valence-electron chi connectivity index (χ4n) is 4.03. The minimum absolute atomic E-state index is 0.342. The zero-order chi connectivity index (χ0) is 23.0. The first kappa shape index (κ1) is 29.7. The van der Waals surface area contributed by atoms with E-state index in [2.05, 4.69) is 6.92 Å². The second-order valence-corrected chi connectivity index (χ2v) is 9.12. The Bertz CT molecular complexity index is 445. The van der Waals surface area contributed by atoms with Gasteiger partial charge in [-0.3, -0.25) is 9.59 Å². The molecule has 0 spiro atoms. The summed E-state index contributed by atoms with van der Waals surface area (Å²) in [5.74, 6) is -3.04. The third kappa shape index (κ3) is 23.2. The molecule has 0 fully saturated rings. The highest BCUT2D eigenvalue weighted by atomic mass is 16.4. The fourth-order valence-corrected chi connectivity index (χ4v) is 4.03. The van der Waals surface area contributed by atoms with Crippen molar-refractivity contribution in [2.75, 3.05) is 0 Å². The summed E-state index contributed by atoms with van der Waals surface area (Å²) in [5.41, 5.74) is 0. The summed E-state index contributed by atoms with van der Waals surface area (Å²) in [5, 5.41) is 17.7. The van der Waals surface area contributed by atoms with E-state index in [1.54, 1.807) is 0 Å². The molecule has 4 nitrogen and oxygen atoms in total. The Labute approximate surface area is 191 Å². The summed E-state index contributed by atoms with van der Waals surface area (Å²) in [6, 6.07) is 0. The topological polar surface area (TPSA) is 74.6 Å². The summed E-state index contributed by atoms with van der Waals surface area (Å²) >= 11 is 0. The Balaban J connectivity index is 3.27. The van der Waals surface area contributed by atoms with Crippen LogP contribution in [0.5, 0.6) is 0 Å². The second-order valence-electron chi connectivity index (χ2n) is 9.12. The van der Waals surface area contributed by atoms with Crippen molar-refractivity contribution >= 4 is 11.9 Å². The Morgan fingerprint density at radius 1 is 0.613 bits per heavy atom. The van der Waals surface area contributed by atoms with Gasteiger partial charge in [-0.1, -0.05) is 135 Å². The Hall–Kier alpha value is -1.32. The van der Waals surface area contributed by atoms with Crippen molar-refractivity contribution in [1.29, 1.82) is 0 Å². The maximum atomic E-state index is 11.0. The average molecular weight is 439 g/mol. The maximum Gasteiger partial charge on any atom is 0.310 e. The molecule has 31 heavy (non-hydrogen) atoms. The number of rotatable bonds is 24. The van der Waals surface area contributed by atoms with Crippen LogP contribution >= 0.6 is 0 Å². The quantitative estimate of drug-likeness (QED) is 0.117. The monoisotopic (exact) mass is 438 g/mol. The Morgan fingerprint density at radius 2 is 0.968 bits per heavy atom. The molecule has 0 aromatic rings. The van der Waals surface area contributed by atoms with Crippen LogP contribution in [0.25, 0.3) is 0 Å². The number of allylic oxidation sites excluding steroid dienone is 1. The van der Waals surface area contributed by atoms with E-state index in [0.29, 0.717) is 0 Å². The Morgan fingerprint density at radius 3 is 1.29 bits per heavy atom. The normalized spacial score (nSPS) is 12.4. The minimum atomic E-state index is -1.07. The molecule has 1 unspecified atom stereocenters. The molecule has 0 aliphatic carbocycles. The lowest BCUT2D eigenvalue weighted by molar-refractivity contribution is -0.146. The van der Waals surface area contributed by atoms with E-state index in [-0.39, 0.29) is 6.42 Å². The smallest absolute Gasteiger partial charge is 0.310 e. The fraction of sp³-hybridized carbons (Fsp3) is 0.852. The molecule has 0 saturated heterocycles. The average Bonchev–Trinajstić information content (AvgIpc) is 2.73. The van der Waals surface area contributed by atoms with Crippen molar-refractivity contribution in [3.05, 3.63) is 12.2 Å². The van der Waals surface area contributed by atoms with Gasteiger partial charge in [0.1, 0.15) is 0 Å². The van der Waals surface area contributed by atoms with E-state index < -0.39 is 17.9 Å². The van der Waals surface area contributed by atoms with Crippen LogP contribution in [0, 0.1) is 5.92 Å². The highest BCUT2D eigenvalue weighted by Gasteiger charge is 2.17. The molecule has 0 radical (unpaired) electrons. The van der Waals surface area contributed by atoms with E-state index >= 15 is 0 Å². The van der Waals surface area contributed by atoms with E-state index in [1.807, 2.05) is 6.08 Å². The summed E-state index contributed by atoms with van der Waals surface area (Å²) in [4.78, 5) is 21.6. The van der Waals surface area contributed by atoms with Crippen LogP contribution in [0.1, 0.15) is 142 Å². The number of carboxylic acids is 2. The lowest BCUT2D eigenvalue weighted by atomic mass is 10.0. The molecule has 0 amide bonds. The lowest BCUT2D eigenvalue weighted by Gasteiger charge is -2.04. The van der Waals surface area contributed by atoms with E-state index in [4.69, 9.17) is 10.2 Å². The summed E-state index contributed by atoms with van der Waals surface area (Å²) in [6.07, 6.45) is 29.7. The first-order chi connectivity index (χ1) is 15.1. The van der Waals surface area contributed by atoms with Crippen molar-refractivity contribution in [1.82, 2.24) is 0 Å². The van der Waals surface area contributed by atoms with Gasteiger partial charge in [-0.05, 0) is 12.8 Å². The molecule has 2 N–H and O–H groups in total. The minimum Gasteiger partial charge on any atom is -0.481 e. The van der Waals surface area contributed by atoms with Gasteiger partial charge in [-0.15, -0.1) is 0 Å². The van der Waals surface area contributed by atoms with E-state index in [1.165, 1.54) is 122 Å². The molecule has 182 valence electrons. The highest BCUT2D eigenvalue weighted by molar-refractivity contribution is 5.79. The van der Waals surface area contributed by atoms with Crippen molar-refractivity contribution in [3.8, 4) is 0 Å². The van der Waals surface area contributed by atoms with Gasteiger partial charge in [0.25, 0.3) is 0 Å². The van der Waals surface area contributed by atoms with Crippen LogP contribution in [0.4, 0.5) is 0 Å². The summed E-state index contributed by atoms with van der Waals surface area (Å²) in [7, 11) is 0. The van der Waals surface area contributed by atoms with Gasteiger partial charge in [-0.25, -0.2) is 0 Å². The van der Waals surface area contributed by atoms with E-state index in [0.717, 1.165) is 12.8 Å². The summed E-state index contributed by atoms with van der Waals surface area (Å²) in [6.45, 7) is 2.28. The number of carbonyl (C=O) groups is 2. The third-order valence-corrected chi connectivity index (χ3v) is 6.05. The van der Waals surface area contributed by atoms with Crippen LogP contribution in [0.2, 0.25) is 0 Å².